The average molecular weight is 525 g/mol. The molecule has 8 nitrogen and oxygen atoms in total. The molecule has 11 heteroatoms. The highest BCUT2D eigenvalue weighted by Crippen LogP contribution is 2.40. The predicted molar refractivity (Wildman–Crippen MR) is 136 cm³/mol. The minimum absolute atomic E-state index is 0.00870. The summed E-state index contributed by atoms with van der Waals surface area (Å²) in [5.41, 5.74) is 3.84. The maximum Gasteiger partial charge on any atom is 0.275 e. The molecule has 3 aromatic rings. The molecular formula is C24H18Cl2N6O2S. The van der Waals surface area contributed by atoms with Crippen LogP contribution in [0.15, 0.2) is 30.3 Å². The molecule has 1 aliphatic heterocycles. The first-order valence-corrected chi connectivity index (χ1v) is 12.1. The van der Waals surface area contributed by atoms with Crippen molar-refractivity contribution in [2.75, 3.05) is 32.8 Å². The number of nitrogens with one attached hydrogen (secondary N) is 1. The van der Waals surface area contributed by atoms with Gasteiger partial charge in [-0.25, -0.2) is 21.1 Å². The normalized spacial score (nSPS) is 13.4. The van der Waals surface area contributed by atoms with E-state index in [1.54, 1.807) is 23.2 Å². The van der Waals surface area contributed by atoms with E-state index in [-0.39, 0.29) is 11.4 Å². The molecule has 0 aliphatic carbocycles. The van der Waals surface area contributed by atoms with Gasteiger partial charge in [0.15, 0.2) is 5.69 Å². The quantitative estimate of drug-likeness (QED) is 0.286. The fourth-order valence-corrected chi connectivity index (χ4v) is 4.78. The number of ether oxygens (including phenoxy) is 1. The Bertz CT molecular complexity index is 1400. The molecule has 3 heterocycles. The van der Waals surface area contributed by atoms with Crippen LogP contribution in [0, 0.1) is 25.0 Å². The number of nitrogens with zero attached hydrogens (tertiary/aromatic N) is 5. The van der Waals surface area contributed by atoms with Crippen LogP contribution in [0.4, 0.5) is 5.69 Å². The number of hydrazine groups is 1. The molecule has 1 fully saturated rings. The fourth-order valence-electron chi connectivity index (χ4n) is 3.38. The lowest BCUT2D eigenvalue weighted by atomic mass is 10.2. The zero-order chi connectivity index (χ0) is 24.8. The van der Waals surface area contributed by atoms with Crippen molar-refractivity contribution in [1.29, 1.82) is 0 Å². The van der Waals surface area contributed by atoms with Crippen LogP contribution < -0.4 is 5.43 Å². The monoisotopic (exact) mass is 524 g/mol. The van der Waals surface area contributed by atoms with Gasteiger partial charge in [-0.3, -0.25) is 10.2 Å². The zero-order valence-electron chi connectivity index (χ0n) is 18.3. The zero-order valence-corrected chi connectivity index (χ0v) is 20.7. The Labute approximate surface area is 216 Å². The molecule has 176 valence electrons. The minimum Gasteiger partial charge on any atom is -0.379 e. The summed E-state index contributed by atoms with van der Waals surface area (Å²) >= 11 is 13.9. The third-order valence-corrected chi connectivity index (χ3v) is 6.54. The second-order valence-electron chi connectivity index (χ2n) is 7.30. The Morgan fingerprint density at radius 2 is 2.03 bits per heavy atom. The van der Waals surface area contributed by atoms with E-state index >= 15 is 0 Å². The fraction of sp³-hybridized carbons (Fsp3) is 0.250. The largest absolute Gasteiger partial charge is 0.379 e. The van der Waals surface area contributed by atoms with Crippen molar-refractivity contribution in [1.82, 2.24) is 20.2 Å². The molecule has 0 spiro atoms. The average Bonchev–Trinajstić information content (AvgIpc) is 3.47. The molecule has 0 saturated carbocycles. The number of benzene rings is 1. The Morgan fingerprint density at radius 1 is 1.23 bits per heavy atom. The maximum atomic E-state index is 13.2. The highest BCUT2D eigenvalue weighted by molar-refractivity contribution is 7.16. The van der Waals surface area contributed by atoms with Gasteiger partial charge in [-0.2, -0.15) is 5.10 Å². The van der Waals surface area contributed by atoms with Gasteiger partial charge in [0, 0.05) is 23.0 Å². The van der Waals surface area contributed by atoms with Crippen LogP contribution in [-0.2, 0) is 4.74 Å². The van der Waals surface area contributed by atoms with Crippen molar-refractivity contribution in [3.8, 4) is 28.1 Å². The molecule has 4 rings (SSSR count). The number of morpholine rings is 1. The van der Waals surface area contributed by atoms with Gasteiger partial charge < -0.3 is 9.58 Å². The minimum atomic E-state index is -0.487. The topological polar surface area (TPSA) is 68.1 Å². The third kappa shape index (κ3) is 5.66. The van der Waals surface area contributed by atoms with Crippen molar-refractivity contribution in [3.63, 3.8) is 0 Å². The van der Waals surface area contributed by atoms with Crippen LogP contribution in [0.3, 0.4) is 0 Å². The molecule has 2 aromatic heterocycles. The van der Waals surface area contributed by atoms with E-state index in [2.05, 4.69) is 32.1 Å². The van der Waals surface area contributed by atoms with Gasteiger partial charge in [0.05, 0.1) is 47.5 Å². The second kappa shape index (κ2) is 11.4. The van der Waals surface area contributed by atoms with Gasteiger partial charge in [-0.1, -0.05) is 35.0 Å². The first-order valence-electron chi connectivity index (χ1n) is 10.5. The third-order valence-electron chi connectivity index (χ3n) is 5.00. The standard InChI is InChI=1S/C24H18Cl2N6O2S/c1-27-10-4-3-5-17-7-9-20(35-17)23-21(28-2)22(24(33)30-31-11-13-34-14-12-31)29-32(23)19-8-6-16(25)15-18(19)26/h6-9,15H,4,10-14H2,(H,30,33). The SMILES string of the molecule is [C-]#[N+]CCC#Cc1ccc(-c2c([N+]#[C-])c(C(=O)NN3CCOCC3)nn2-c2ccc(Cl)cc2Cl)s1. The molecule has 0 bridgehead atoms. The van der Waals surface area contributed by atoms with E-state index in [0.717, 1.165) is 4.88 Å². The number of halogens is 2. The van der Waals surface area contributed by atoms with E-state index < -0.39 is 5.91 Å². The van der Waals surface area contributed by atoms with Crippen LogP contribution in [0.25, 0.3) is 25.9 Å². The number of rotatable bonds is 5. The van der Waals surface area contributed by atoms with Crippen LogP contribution in [0.1, 0.15) is 21.8 Å². The molecular weight excluding hydrogens is 507 g/mol. The number of hydrogen-bond donors (Lipinski definition) is 1. The first-order chi connectivity index (χ1) is 17.0. The van der Waals surface area contributed by atoms with Gasteiger partial charge >= 0.3 is 0 Å². The molecule has 1 amide bonds. The number of amides is 1. The van der Waals surface area contributed by atoms with Crippen molar-refractivity contribution in [3.05, 3.63) is 73.8 Å². The van der Waals surface area contributed by atoms with E-state index in [0.29, 0.717) is 65.6 Å². The van der Waals surface area contributed by atoms with Gasteiger partial charge in [0.2, 0.25) is 12.2 Å². The van der Waals surface area contributed by atoms with E-state index in [4.69, 9.17) is 41.1 Å². The van der Waals surface area contributed by atoms with E-state index in [9.17, 15) is 4.79 Å². The molecule has 1 N–H and O–H groups in total. The predicted octanol–water partition coefficient (Wildman–Crippen LogP) is 5.10. The number of aromatic nitrogens is 2. The summed E-state index contributed by atoms with van der Waals surface area (Å²) in [6.45, 7) is 17.2. The maximum absolute atomic E-state index is 13.2. The Hall–Kier alpha value is -3.36. The summed E-state index contributed by atoms with van der Waals surface area (Å²) in [5.74, 6) is 5.53. The van der Waals surface area contributed by atoms with Gasteiger partial charge in [0.25, 0.3) is 5.91 Å². The van der Waals surface area contributed by atoms with Crippen molar-refractivity contribution >= 4 is 46.1 Å². The van der Waals surface area contributed by atoms with Crippen molar-refractivity contribution < 1.29 is 9.53 Å². The second-order valence-corrected chi connectivity index (χ2v) is 9.23. The van der Waals surface area contributed by atoms with Crippen LogP contribution in [0.5, 0.6) is 0 Å². The summed E-state index contributed by atoms with van der Waals surface area (Å²) in [6, 6.07) is 8.61. The lowest BCUT2D eigenvalue weighted by molar-refractivity contribution is 0.0125. The molecule has 1 aromatic carbocycles. The van der Waals surface area contributed by atoms with Crippen LogP contribution >= 0.6 is 34.5 Å². The van der Waals surface area contributed by atoms with Crippen molar-refractivity contribution in [2.24, 2.45) is 0 Å². The van der Waals surface area contributed by atoms with Crippen molar-refractivity contribution in [2.45, 2.75) is 6.42 Å². The molecule has 0 atom stereocenters. The van der Waals surface area contributed by atoms with Gasteiger partial charge in [-0.05, 0) is 30.3 Å². The lowest BCUT2D eigenvalue weighted by Gasteiger charge is -2.26. The number of hydrogen-bond acceptors (Lipinski definition) is 5. The van der Waals surface area contributed by atoms with Crippen LogP contribution in [0.2, 0.25) is 10.0 Å². The Balaban J connectivity index is 1.80. The molecule has 1 aliphatic rings. The Morgan fingerprint density at radius 3 is 2.74 bits per heavy atom. The lowest BCUT2D eigenvalue weighted by Crippen LogP contribution is -2.48. The Kier molecular flexibility index (Phi) is 8.05. The smallest absolute Gasteiger partial charge is 0.275 e. The van der Waals surface area contributed by atoms with Crippen LogP contribution in [-0.4, -0.2) is 53.5 Å². The highest BCUT2D eigenvalue weighted by Gasteiger charge is 2.28. The molecule has 0 unspecified atom stereocenters. The summed E-state index contributed by atoms with van der Waals surface area (Å²) in [5, 5.41) is 7.05. The molecule has 35 heavy (non-hydrogen) atoms. The summed E-state index contributed by atoms with van der Waals surface area (Å²) in [6.07, 6.45) is 0.480. The van der Waals surface area contributed by atoms with E-state index in [1.807, 2.05) is 12.1 Å². The molecule has 1 saturated heterocycles. The number of carbonyl (C=O) groups excluding carboxylic acids is 1. The van der Waals surface area contributed by atoms with Gasteiger partial charge in [0.1, 0.15) is 0 Å². The molecule has 0 radical (unpaired) electrons. The summed E-state index contributed by atoms with van der Waals surface area (Å²) < 4.78 is 6.83. The highest BCUT2D eigenvalue weighted by atomic mass is 35.5. The van der Waals surface area contributed by atoms with E-state index in [1.165, 1.54) is 16.0 Å². The number of carbonyl (C=O) groups is 1. The van der Waals surface area contributed by atoms with Gasteiger partial charge in [-0.15, -0.1) is 11.3 Å². The summed E-state index contributed by atoms with van der Waals surface area (Å²) in [4.78, 5) is 21.6. The number of thiophene rings is 1. The summed E-state index contributed by atoms with van der Waals surface area (Å²) in [7, 11) is 0. The first kappa shape index (κ1) is 24.8.